The molecule has 1 fully saturated rings. The van der Waals surface area contributed by atoms with Gasteiger partial charge in [-0.15, -0.1) is 0 Å². The summed E-state index contributed by atoms with van der Waals surface area (Å²) in [6, 6.07) is 7.74. The zero-order chi connectivity index (χ0) is 15.8. The van der Waals surface area contributed by atoms with Gasteiger partial charge in [0.25, 0.3) is 5.91 Å². The predicted octanol–water partition coefficient (Wildman–Crippen LogP) is 2.61. The highest BCUT2D eigenvalue weighted by Crippen LogP contribution is 2.28. The van der Waals surface area contributed by atoms with Gasteiger partial charge in [-0.2, -0.15) is 10.2 Å². The van der Waals surface area contributed by atoms with E-state index in [1.54, 1.807) is 0 Å². The number of piperidine rings is 1. The third-order valence-electron chi connectivity index (χ3n) is 4.66. The van der Waals surface area contributed by atoms with E-state index in [2.05, 4.69) is 27.3 Å². The van der Waals surface area contributed by atoms with Crippen molar-refractivity contribution in [2.24, 2.45) is 0 Å². The van der Waals surface area contributed by atoms with Crippen molar-refractivity contribution >= 4 is 16.8 Å². The molecule has 2 aromatic heterocycles. The van der Waals surface area contributed by atoms with Crippen LogP contribution in [0.5, 0.6) is 0 Å². The number of hydrogen-bond acceptors (Lipinski definition) is 3. The zero-order valence-electron chi connectivity index (χ0n) is 13.0. The van der Waals surface area contributed by atoms with E-state index in [1.165, 1.54) is 0 Å². The molecular weight excluding hydrogens is 290 g/mol. The Bertz CT molecular complexity index is 849. The Morgan fingerprint density at radius 3 is 3.00 bits per heavy atom. The lowest BCUT2D eigenvalue weighted by Gasteiger charge is -2.32. The number of rotatable bonds is 2. The molecule has 6 heteroatoms. The maximum Gasteiger partial charge on any atom is 0.275 e. The second-order valence-corrected chi connectivity index (χ2v) is 6.17. The highest BCUT2D eigenvalue weighted by Gasteiger charge is 2.29. The van der Waals surface area contributed by atoms with Crippen LogP contribution in [0.1, 0.15) is 40.5 Å². The van der Waals surface area contributed by atoms with Crippen LogP contribution >= 0.6 is 0 Å². The lowest BCUT2D eigenvalue weighted by molar-refractivity contribution is 0.0701. The van der Waals surface area contributed by atoms with E-state index in [1.807, 2.05) is 35.4 Å². The molecule has 0 radical (unpaired) electrons. The van der Waals surface area contributed by atoms with E-state index in [4.69, 9.17) is 0 Å². The Morgan fingerprint density at radius 1 is 1.30 bits per heavy atom. The van der Waals surface area contributed by atoms with E-state index in [0.29, 0.717) is 18.2 Å². The van der Waals surface area contributed by atoms with Crippen molar-refractivity contribution in [2.45, 2.75) is 25.7 Å². The number of carbonyl (C=O) groups is 1. The normalized spacial score (nSPS) is 18.5. The number of aromatic nitrogens is 4. The van der Waals surface area contributed by atoms with Crippen LogP contribution in [0, 0.1) is 6.92 Å². The summed E-state index contributed by atoms with van der Waals surface area (Å²) in [5.74, 6) is 0.324. The number of benzene rings is 1. The van der Waals surface area contributed by atoms with Gasteiger partial charge in [-0.25, -0.2) is 0 Å². The number of H-pyrrole nitrogens is 2. The number of carbonyl (C=O) groups excluding carboxylic acids is 1. The number of nitrogens with zero attached hydrogens (tertiary/aromatic N) is 3. The van der Waals surface area contributed by atoms with E-state index in [9.17, 15) is 4.79 Å². The molecule has 2 N–H and O–H groups in total. The van der Waals surface area contributed by atoms with Gasteiger partial charge in [-0.05, 0) is 31.4 Å². The van der Waals surface area contributed by atoms with Gasteiger partial charge in [-0.3, -0.25) is 15.0 Å². The molecule has 23 heavy (non-hydrogen) atoms. The molecule has 1 amide bonds. The van der Waals surface area contributed by atoms with Crippen LogP contribution < -0.4 is 0 Å². The van der Waals surface area contributed by atoms with Gasteiger partial charge in [0.15, 0.2) is 5.69 Å². The molecule has 1 atom stereocenters. The second kappa shape index (κ2) is 5.53. The largest absolute Gasteiger partial charge is 0.337 e. The molecule has 6 nitrogen and oxygen atoms in total. The Balaban J connectivity index is 1.60. The van der Waals surface area contributed by atoms with Crippen LogP contribution in [0.3, 0.4) is 0 Å². The summed E-state index contributed by atoms with van der Waals surface area (Å²) in [5, 5.41) is 15.3. The molecular formula is C17H19N5O. The van der Waals surface area contributed by atoms with Crippen molar-refractivity contribution in [1.29, 1.82) is 0 Å². The molecule has 3 aromatic rings. The monoisotopic (exact) mass is 309 g/mol. The molecule has 3 heterocycles. The van der Waals surface area contributed by atoms with Gasteiger partial charge in [0.1, 0.15) is 0 Å². The fourth-order valence-corrected chi connectivity index (χ4v) is 3.44. The third-order valence-corrected chi connectivity index (χ3v) is 4.66. The average Bonchev–Trinajstić information content (AvgIpc) is 3.20. The summed E-state index contributed by atoms with van der Waals surface area (Å²) < 4.78 is 0. The van der Waals surface area contributed by atoms with Gasteiger partial charge >= 0.3 is 0 Å². The molecule has 1 aromatic carbocycles. The summed E-state index contributed by atoms with van der Waals surface area (Å²) in [6.07, 6.45) is 3.92. The second-order valence-electron chi connectivity index (χ2n) is 6.17. The summed E-state index contributed by atoms with van der Waals surface area (Å²) in [6.45, 7) is 3.55. The third kappa shape index (κ3) is 2.40. The standard InChI is InChI=1S/C17H19N5O/c1-11-9-18-20-15(11)12-5-4-8-22(10-12)17(23)16-13-6-2-3-7-14(13)19-21-16/h2-3,6-7,9,12H,4-5,8,10H2,1H3,(H,18,20)(H,19,21). The molecule has 118 valence electrons. The van der Waals surface area contributed by atoms with E-state index < -0.39 is 0 Å². The number of likely N-dealkylation sites (tertiary alicyclic amines) is 1. The maximum absolute atomic E-state index is 12.9. The Hall–Kier alpha value is -2.63. The smallest absolute Gasteiger partial charge is 0.275 e. The fraction of sp³-hybridized carbons (Fsp3) is 0.353. The van der Waals surface area contributed by atoms with Gasteiger partial charge in [0.05, 0.1) is 11.7 Å². The van der Waals surface area contributed by atoms with Gasteiger partial charge in [0.2, 0.25) is 0 Å². The molecule has 0 bridgehead atoms. The maximum atomic E-state index is 12.9. The summed E-state index contributed by atoms with van der Waals surface area (Å²) >= 11 is 0. The lowest BCUT2D eigenvalue weighted by atomic mass is 9.92. The van der Waals surface area contributed by atoms with Crippen LogP contribution in [-0.2, 0) is 0 Å². The number of para-hydroxylation sites is 1. The van der Waals surface area contributed by atoms with Crippen LogP contribution in [0.2, 0.25) is 0 Å². The van der Waals surface area contributed by atoms with Crippen LogP contribution in [0.15, 0.2) is 30.5 Å². The average molecular weight is 309 g/mol. The first kappa shape index (κ1) is 14.0. The van der Waals surface area contributed by atoms with Crippen molar-refractivity contribution in [2.75, 3.05) is 13.1 Å². The molecule has 0 aliphatic carbocycles. The van der Waals surface area contributed by atoms with E-state index in [0.717, 1.165) is 41.5 Å². The highest BCUT2D eigenvalue weighted by atomic mass is 16.2. The topological polar surface area (TPSA) is 77.7 Å². The van der Waals surface area contributed by atoms with Gasteiger partial charge in [-0.1, -0.05) is 18.2 Å². The number of fused-ring (bicyclic) bond motifs is 1. The Kier molecular flexibility index (Phi) is 3.37. The van der Waals surface area contributed by atoms with Gasteiger partial charge < -0.3 is 4.90 Å². The Morgan fingerprint density at radius 2 is 2.17 bits per heavy atom. The van der Waals surface area contributed by atoms with Crippen molar-refractivity contribution in [3.63, 3.8) is 0 Å². The number of aryl methyl sites for hydroxylation is 1. The van der Waals surface area contributed by atoms with Crippen molar-refractivity contribution in [3.8, 4) is 0 Å². The minimum Gasteiger partial charge on any atom is -0.337 e. The molecule has 1 saturated heterocycles. The molecule has 0 saturated carbocycles. The molecule has 0 spiro atoms. The van der Waals surface area contributed by atoms with Crippen LogP contribution in [-0.4, -0.2) is 44.3 Å². The first-order valence-corrected chi connectivity index (χ1v) is 7.96. The first-order valence-electron chi connectivity index (χ1n) is 7.96. The zero-order valence-corrected chi connectivity index (χ0v) is 13.0. The lowest BCUT2D eigenvalue weighted by Crippen LogP contribution is -2.39. The summed E-state index contributed by atoms with van der Waals surface area (Å²) in [7, 11) is 0. The number of nitrogens with one attached hydrogen (secondary N) is 2. The van der Waals surface area contributed by atoms with Crippen molar-refractivity contribution in [1.82, 2.24) is 25.3 Å². The van der Waals surface area contributed by atoms with Crippen molar-refractivity contribution in [3.05, 3.63) is 47.4 Å². The first-order chi connectivity index (χ1) is 11.2. The number of aromatic amines is 2. The molecule has 1 unspecified atom stereocenters. The molecule has 1 aliphatic heterocycles. The quantitative estimate of drug-likeness (QED) is 0.764. The minimum atomic E-state index is 0.00400. The Labute approximate surface area is 133 Å². The highest BCUT2D eigenvalue weighted by molar-refractivity contribution is 6.04. The molecule has 1 aliphatic rings. The minimum absolute atomic E-state index is 0.00400. The fourth-order valence-electron chi connectivity index (χ4n) is 3.44. The van der Waals surface area contributed by atoms with Crippen molar-refractivity contribution < 1.29 is 4.79 Å². The SMILES string of the molecule is Cc1cn[nH]c1C1CCCN(C(=O)c2n[nH]c3ccccc23)C1. The summed E-state index contributed by atoms with van der Waals surface area (Å²) in [5.41, 5.74) is 3.72. The molecule has 4 rings (SSSR count). The van der Waals surface area contributed by atoms with Crippen LogP contribution in [0.4, 0.5) is 0 Å². The van der Waals surface area contributed by atoms with E-state index in [-0.39, 0.29) is 5.91 Å². The van der Waals surface area contributed by atoms with Crippen LogP contribution in [0.25, 0.3) is 10.9 Å². The summed E-state index contributed by atoms with van der Waals surface area (Å²) in [4.78, 5) is 14.8. The number of amides is 1. The van der Waals surface area contributed by atoms with Gasteiger partial charge in [0, 0.05) is 30.1 Å². The van der Waals surface area contributed by atoms with E-state index >= 15 is 0 Å². The predicted molar refractivity (Wildman–Crippen MR) is 87.3 cm³/mol. The number of hydrogen-bond donors (Lipinski definition) is 2.